The van der Waals surface area contributed by atoms with Crippen molar-refractivity contribution in [3.63, 3.8) is 0 Å². The molecule has 0 aliphatic heterocycles. The van der Waals surface area contributed by atoms with Gasteiger partial charge in [0, 0.05) is 28.9 Å². The van der Waals surface area contributed by atoms with E-state index in [2.05, 4.69) is 5.32 Å². The van der Waals surface area contributed by atoms with Crippen LogP contribution < -0.4 is 5.32 Å². The number of nitrogens with zero attached hydrogens (tertiary/aromatic N) is 1. The predicted molar refractivity (Wildman–Crippen MR) is 127 cm³/mol. The minimum atomic E-state index is -0.603. The van der Waals surface area contributed by atoms with Gasteiger partial charge < -0.3 is 10.2 Å². The third kappa shape index (κ3) is 7.70. The van der Waals surface area contributed by atoms with Crippen LogP contribution in [0.3, 0.4) is 0 Å². The molecule has 8 heteroatoms. The van der Waals surface area contributed by atoms with Gasteiger partial charge in [0.25, 0.3) is 0 Å². The maximum absolute atomic E-state index is 13.3. The first-order valence-corrected chi connectivity index (χ1v) is 12.1. The summed E-state index contributed by atoms with van der Waals surface area (Å²) in [5.41, 5.74) is 1.54. The van der Waals surface area contributed by atoms with Crippen LogP contribution >= 0.6 is 35.0 Å². The summed E-state index contributed by atoms with van der Waals surface area (Å²) >= 11 is 13.8. The molecule has 0 saturated heterocycles. The fraction of sp³-hybridized carbons (Fsp3) is 0.391. The molecule has 1 atom stereocenters. The summed E-state index contributed by atoms with van der Waals surface area (Å²) in [7, 11) is 0. The second-order valence-electron chi connectivity index (χ2n) is 7.06. The molecule has 31 heavy (non-hydrogen) atoms. The average Bonchev–Trinajstić information content (AvgIpc) is 2.75. The van der Waals surface area contributed by atoms with Gasteiger partial charge in [0.2, 0.25) is 11.8 Å². The van der Waals surface area contributed by atoms with Crippen molar-refractivity contribution in [1.29, 1.82) is 0 Å². The minimum absolute atomic E-state index is 0.167. The molecular weight excluding hydrogens is 458 g/mol. The van der Waals surface area contributed by atoms with Crippen LogP contribution in [-0.2, 0) is 21.9 Å². The molecule has 0 saturated carbocycles. The van der Waals surface area contributed by atoms with Crippen molar-refractivity contribution in [2.75, 3.05) is 12.3 Å². The Kier molecular flexibility index (Phi) is 10.6. The van der Waals surface area contributed by atoms with Crippen LogP contribution in [0.25, 0.3) is 0 Å². The van der Waals surface area contributed by atoms with Gasteiger partial charge in [0.1, 0.15) is 11.9 Å². The number of halogens is 3. The number of carbonyl (C=O) groups is 2. The van der Waals surface area contributed by atoms with E-state index in [9.17, 15) is 14.0 Å². The Hall–Kier alpha value is -1.76. The summed E-state index contributed by atoms with van der Waals surface area (Å²) in [4.78, 5) is 27.4. The van der Waals surface area contributed by atoms with Crippen molar-refractivity contribution in [3.05, 3.63) is 69.5 Å². The molecule has 2 rings (SSSR count). The summed E-state index contributed by atoms with van der Waals surface area (Å²) in [5, 5.41) is 3.99. The molecular formula is C23H27Cl2FN2O2S. The summed E-state index contributed by atoms with van der Waals surface area (Å²) < 4.78 is 13.3. The first kappa shape index (κ1) is 25.5. The monoisotopic (exact) mass is 484 g/mol. The lowest BCUT2D eigenvalue weighted by atomic mass is 10.1. The fourth-order valence-corrected chi connectivity index (χ4v) is 4.71. The Balaban J connectivity index is 2.14. The number of benzene rings is 2. The Morgan fingerprint density at radius 1 is 1.10 bits per heavy atom. The van der Waals surface area contributed by atoms with Crippen molar-refractivity contribution in [1.82, 2.24) is 10.2 Å². The molecule has 0 heterocycles. The lowest BCUT2D eigenvalue weighted by Crippen LogP contribution is -2.49. The summed E-state index contributed by atoms with van der Waals surface area (Å²) in [6.07, 6.45) is 1.28. The van der Waals surface area contributed by atoms with Crippen LogP contribution in [0, 0.1) is 5.82 Å². The Morgan fingerprint density at radius 2 is 1.74 bits per heavy atom. The Labute approximate surface area is 197 Å². The SMILES string of the molecule is CCCNC(=O)C(CC)N(Cc1ccc(F)cc1)C(=O)CSCc1c(Cl)cccc1Cl. The molecule has 1 N–H and O–H groups in total. The van der Waals surface area contributed by atoms with E-state index in [4.69, 9.17) is 23.2 Å². The van der Waals surface area contributed by atoms with Gasteiger partial charge in [-0.25, -0.2) is 4.39 Å². The Bertz CT molecular complexity index is 860. The number of nitrogens with one attached hydrogen (secondary N) is 1. The van der Waals surface area contributed by atoms with Crippen LogP contribution in [0.5, 0.6) is 0 Å². The maximum atomic E-state index is 13.3. The van der Waals surface area contributed by atoms with Crippen molar-refractivity contribution in [2.24, 2.45) is 0 Å². The molecule has 0 spiro atoms. The summed E-state index contributed by atoms with van der Waals surface area (Å²) in [6.45, 7) is 4.62. The molecule has 0 aliphatic carbocycles. The maximum Gasteiger partial charge on any atom is 0.242 e. The highest BCUT2D eigenvalue weighted by atomic mass is 35.5. The normalized spacial score (nSPS) is 11.8. The third-order valence-electron chi connectivity index (χ3n) is 4.73. The van der Waals surface area contributed by atoms with Gasteiger partial charge in [0.15, 0.2) is 0 Å². The molecule has 2 aromatic carbocycles. The molecule has 0 radical (unpaired) electrons. The lowest BCUT2D eigenvalue weighted by molar-refractivity contribution is -0.139. The van der Waals surface area contributed by atoms with E-state index < -0.39 is 6.04 Å². The van der Waals surface area contributed by atoms with Crippen molar-refractivity contribution in [2.45, 2.75) is 45.0 Å². The highest BCUT2D eigenvalue weighted by Crippen LogP contribution is 2.28. The highest BCUT2D eigenvalue weighted by Gasteiger charge is 2.28. The van der Waals surface area contributed by atoms with Crippen LogP contribution in [0.4, 0.5) is 4.39 Å². The quantitative estimate of drug-likeness (QED) is 0.444. The van der Waals surface area contributed by atoms with Gasteiger partial charge in [-0.3, -0.25) is 9.59 Å². The Morgan fingerprint density at radius 3 is 2.32 bits per heavy atom. The number of thioether (sulfide) groups is 1. The lowest BCUT2D eigenvalue weighted by Gasteiger charge is -2.30. The molecule has 2 amide bonds. The van der Waals surface area contributed by atoms with Crippen LogP contribution in [0.1, 0.15) is 37.8 Å². The minimum Gasteiger partial charge on any atom is -0.354 e. The van der Waals surface area contributed by atoms with E-state index in [0.717, 1.165) is 17.5 Å². The molecule has 0 bridgehead atoms. The molecule has 0 aromatic heterocycles. The number of hydrogen-bond acceptors (Lipinski definition) is 3. The largest absolute Gasteiger partial charge is 0.354 e. The topological polar surface area (TPSA) is 49.4 Å². The van der Waals surface area contributed by atoms with Crippen molar-refractivity contribution in [3.8, 4) is 0 Å². The zero-order chi connectivity index (χ0) is 22.8. The first-order chi connectivity index (χ1) is 14.9. The van der Waals surface area contributed by atoms with E-state index >= 15 is 0 Å². The van der Waals surface area contributed by atoms with Crippen molar-refractivity contribution < 1.29 is 14.0 Å². The highest BCUT2D eigenvalue weighted by molar-refractivity contribution is 7.99. The fourth-order valence-electron chi connectivity index (χ4n) is 3.07. The second-order valence-corrected chi connectivity index (χ2v) is 8.86. The predicted octanol–water partition coefficient (Wildman–Crippen LogP) is 5.70. The van der Waals surface area contributed by atoms with Gasteiger partial charge in [-0.15, -0.1) is 11.8 Å². The summed E-state index contributed by atoms with van der Waals surface area (Å²) in [5.74, 6) is -0.0511. The molecule has 2 aromatic rings. The van der Waals surface area contributed by atoms with E-state index in [-0.39, 0.29) is 29.9 Å². The van der Waals surface area contributed by atoms with E-state index in [1.54, 1.807) is 35.2 Å². The average molecular weight is 485 g/mol. The van der Waals surface area contributed by atoms with Gasteiger partial charge in [0.05, 0.1) is 5.75 Å². The van der Waals surface area contributed by atoms with E-state index in [1.165, 1.54) is 23.9 Å². The standard InChI is InChI=1S/C23H27Cl2FN2O2S/c1-3-12-27-23(30)21(4-2)28(13-16-8-10-17(26)11-9-16)22(29)15-31-14-18-19(24)6-5-7-20(18)25/h5-11,21H,3-4,12-15H2,1-2H3,(H,27,30). The zero-order valence-electron chi connectivity index (χ0n) is 17.7. The van der Waals surface area contributed by atoms with Gasteiger partial charge in [-0.05, 0) is 48.2 Å². The number of amides is 2. The summed E-state index contributed by atoms with van der Waals surface area (Å²) in [6, 6.07) is 10.7. The molecule has 168 valence electrons. The molecule has 1 unspecified atom stereocenters. The molecule has 4 nitrogen and oxygen atoms in total. The third-order valence-corrected chi connectivity index (χ3v) is 6.39. The van der Waals surface area contributed by atoms with Crippen molar-refractivity contribution >= 4 is 46.8 Å². The second kappa shape index (κ2) is 12.9. The van der Waals surface area contributed by atoms with Crippen LogP contribution in [0.15, 0.2) is 42.5 Å². The molecule has 0 aliphatic rings. The number of rotatable bonds is 11. The smallest absolute Gasteiger partial charge is 0.242 e. The molecule has 0 fully saturated rings. The van der Waals surface area contributed by atoms with Crippen LogP contribution in [-0.4, -0.2) is 35.1 Å². The first-order valence-electron chi connectivity index (χ1n) is 10.2. The zero-order valence-corrected chi connectivity index (χ0v) is 20.0. The van der Waals surface area contributed by atoms with Gasteiger partial charge in [-0.1, -0.05) is 55.2 Å². The number of carbonyl (C=O) groups excluding carboxylic acids is 2. The van der Waals surface area contributed by atoms with E-state index in [1.807, 2.05) is 13.8 Å². The van der Waals surface area contributed by atoms with E-state index in [0.29, 0.717) is 28.8 Å². The number of hydrogen-bond donors (Lipinski definition) is 1. The van der Waals surface area contributed by atoms with Crippen LogP contribution in [0.2, 0.25) is 10.0 Å². The van der Waals surface area contributed by atoms with Gasteiger partial charge >= 0.3 is 0 Å². The van der Waals surface area contributed by atoms with Gasteiger partial charge in [-0.2, -0.15) is 0 Å².